The highest BCUT2D eigenvalue weighted by Gasteiger charge is 2.24. The second-order valence-electron chi connectivity index (χ2n) is 4.85. The van der Waals surface area contributed by atoms with Gasteiger partial charge in [-0.05, 0) is 42.5 Å². The lowest BCUT2D eigenvalue weighted by atomic mass is 10.2. The van der Waals surface area contributed by atoms with Gasteiger partial charge >= 0.3 is 0 Å². The molecule has 102 valence electrons. The number of halogens is 1. The second-order valence-corrected chi connectivity index (χ2v) is 6.85. The van der Waals surface area contributed by atoms with Crippen molar-refractivity contribution in [2.75, 3.05) is 4.90 Å². The van der Waals surface area contributed by atoms with Crippen LogP contribution < -0.4 is 4.90 Å². The van der Waals surface area contributed by atoms with Crippen LogP contribution in [0.1, 0.15) is 0 Å². The Morgan fingerprint density at radius 1 is 0.714 bits per heavy atom. The lowest BCUT2D eigenvalue weighted by Crippen LogP contribution is -2.14. The van der Waals surface area contributed by atoms with Crippen LogP contribution in [0.5, 0.6) is 0 Å². The molecule has 1 aliphatic heterocycles. The van der Waals surface area contributed by atoms with E-state index in [0.29, 0.717) is 0 Å². The summed E-state index contributed by atoms with van der Waals surface area (Å²) in [4.78, 5) is 4.88. The number of benzene rings is 3. The van der Waals surface area contributed by atoms with Crippen molar-refractivity contribution in [3.63, 3.8) is 0 Å². The van der Waals surface area contributed by atoms with E-state index in [9.17, 15) is 0 Å². The molecule has 0 radical (unpaired) electrons. The highest BCUT2D eigenvalue weighted by atomic mass is 79.9. The Morgan fingerprint density at radius 3 is 2.29 bits per heavy atom. The molecule has 1 nitrogen and oxygen atoms in total. The van der Waals surface area contributed by atoms with Gasteiger partial charge in [0.15, 0.2) is 0 Å². The lowest BCUT2D eigenvalue weighted by molar-refractivity contribution is 1.16. The van der Waals surface area contributed by atoms with E-state index in [4.69, 9.17) is 0 Å². The van der Waals surface area contributed by atoms with Crippen LogP contribution in [0.25, 0.3) is 0 Å². The summed E-state index contributed by atoms with van der Waals surface area (Å²) in [6.07, 6.45) is 0. The molecule has 1 heterocycles. The molecule has 0 aliphatic carbocycles. The first-order chi connectivity index (χ1) is 10.3. The Balaban J connectivity index is 1.97. The molecule has 3 aromatic rings. The standard InChI is InChI=1S/C18H12BrNS/c19-13-10-11-16-18(12-13)21-17-9-5-4-8-15(17)20(16)14-6-2-1-3-7-14/h1-12H. The fraction of sp³-hybridized carbons (Fsp3) is 0. The minimum absolute atomic E-state index is 1.11. The largest absolute Gasteiger partial charge is 0.308 e. The van der Waals surface area contributed by atoms with Crippen LogP contribution in [0.2, 0.25) is 0 Å². The summed E-state index contributed by atoms with van der Waals surface area (Å²) in [6, 6.07) is 25.5. The van der Waals surface area contributed by atoms with Gasteiger partial charge in [0.25, 0.3) is 0 Å². The van der Waals surface area contributed by atoms with Crippen molar-refractivity contribution in [3.05, 3.63) is 77.3 Å². The van der Waals surface area contributed by atoms with E-state index >= 15 is 0 Å². The third-order valence-corrected chi connectivity index (χ3v) is 5.11. The number of fused-ring (bicyclic) bond motifs is 2. The van der Waals surface area contributed by atoms with Crippen LogP contribution in [-0.4, -0.2) is 0 Å². The molecule has 4 rings (SSSR count). The Kier molecular flexibility index (Phi) is 3.24. The molecule has 0 N–H and O–H groups in total. The number of hydrogen-bond donors (Lipinski definition) is 0. The first-order valence-electron chi connectivity index (χ1n) is 6.74. The molecule has 3 heteroatoms. The molecule has 0 saturated carbocycles. The van der Waals surface area contributed by atoms with Crippen LogP contribution in [0.4, 0.5) is 17.1 Å². The van der Waals surface area contributed by atoms with Gasteiger partial charge < -0.3 is 4.90 Å². The summed E-state index contributed by atoms with van der Waals surface area (Å²) in [5, 5.41) is 0. The molecule has 0 amide bonds. The van der Waals surface area contributed by atoms with Gasteiger partial charge in [-0.2, -0.15) is 0 Å². The quantitative estimate of drug-likeness (QED) is 0.390. The van der Waals surface area contributed by atoms with Gasteiger partial charge in [0.2, 0.25) is 0 Å². The molecule has 21 heavy (non-hydrogen) atoms. The van der Waals surface area contributed by atoms with E-state index in [1.165, 1.54) is 26.9 Å². The second kappa shape index (κ2) is 5.24. The maximum Gasteiger partial charge on any atom is 0.0602 e. The van der Waals surface area contributed by atoms with Gasteiger partial charge in [0, 0.05) is 20.0 Å². The molecule has 1 aliphatic rings. The SMILES string of the molecule is Brc1ccc2c(c1)Sc1ccccc1N2c1ccccc1. The summed E-state index contributed by atoms with van der Waals surface area (Å²) in [5.74, 6) is 0. The van der Waals surface area contributed by atoms with Crippen molar-refractivity contribution < 1.29 is 0 Å². The van der Waals surface area contributed by atoms with Crippen molar-refractivity contribution in [2.45, 2.75) is 9.79 Å². The maximum absolute atomic E-state index is 3.57. The van der Waals surface area contributed by atoms with E-state index in [2.05, 4.69) is 93.6 Å². The van der Waals surface area contributed by atoms with E-state index in [1.54, 1.807) is 0 Å². The zero-order valence-electron chi connectivity index (χ0n) is 11.2. The highest BCUT2D eigenvalue weighted by Crippen LogP contribution is 2.51. The molecule has 0 aromatic heterocycles. The summed E-state index contributed by atoms with van der Waals surface area (Å²) < 4.78 is 1.11. The summed E-state index contributed by atoms with van der Waals surface area (Å²) in [5.41, 5.74) is 3.66. The van der Waals surface area contributed by atoms with Crippen LogP contribution in [-0.2, 0) is 0 Å². The Hall–Kier alpha value is -1.71. The summed E-state index contributed by atoms with van der Waals surface area (Å²) in [7, 11) is 0. The van der Waals surface area contributed by atoms with Gasteiger partial charge in [-0.15, -0.1) is 0 Å². The Labute approximate surface area is 136 Å². The zero-order valence-corrected chi connectivity index (χ0v) is 13.6. The predicted octanol–water partition coefficient (Wildman–Crippen LogP) is 6.38. The molecular formula is C18H12BrNS. The molecule has 0 fully saturated rings. The lowest BCUT2D eigenvalue weighted by Gasteiger charge is -2.32. The van der Waals surface area contributed by atoms with Gasteiger partial charge in [-0.3, -0.25) is 0 Å². The maximum atomic E-state index is 3.57. The third kappa shape index (κ3) is 2.27. The Bertz CT molecular complexity index is 801. The van der Waals surface area contributed by atoms with Gasteiger partial charge in [0.1, 0.15) is 0 Å². The minimum Gasteiger partial charge on any atom is -0.308 e. The number of rotatable bonds is 1. The third-order valence-electron chi connectivity index (χ3n) is 3.50. The van der Waals surface area contributed by atoms with Crippen LogP contribution in [0, 0.1) is 0 Å². The molecule has 0 bridgehead atoms. The van der Waals surface area contributed by atoms with E-state index in [-0.39, 0.29) is 0 Å². The van der Waals surface area contributed by atoms with E-state index < -0.39 is 0 Å². The summed E-state index contributed by atoms with van der Waals surface area (Å²) in [6.45, 7) is 0. The van der Waals surface area contributed by atoms with Gasteiger partial charge in [-0.25, -0.2) is 0 Å². The normalized spacial score (nSPS) is 12.7. The summed E-state index contributed by atoms with van der Waals surface area (Å²) >= 11 is 5.40. The average molecular weight is 354 g/mol. The fourth-order valence-electron chi connectivity index (χ4n) is 2.59. The van der Waals surface area contributed by atoms with Crippen molar-refractivity contribution in [1.82, 2.24) is 0 Å². The first kappa shape index (κ1) is 13.0. The predicted molar refractivity (Wildman–Crippen MR) is 92.9 cm³/mol. The smallest absolute Gasteiger partial charge is 0.0602 e. The van der Waals surface area contributed by atoms with Gasteiger partial charge in [0.05, 0.1) is 11.4 Å². The van der Waals surface area contributed by atoms with Crippen LogP contribution >= 0.6 is 27.7 Å². The van der Waals surface area contributed by atoms with E-state index in [0.717, 1.165) is 4.47 Å². The fourth-order valence-corrected chi connectivity index (χ4v) is 4.20. The highest BCUT2D eigenvalue weighted by molar-refractivity contribution is 9.10. The van der Waals surface area contributed by atoms with Crippen molar-refractivity contribution >= 4 is 44.8 Å². The molecule has 0 unspecified atom stereocenters. The van der Waals surface area contributed by atoms with Gasteiger partial charge in [-0.1, -0.05) is 58.0 Å². The number of nitrogens with zero attached hydrogens (tertiary/aromatic N) is 1. The average Bonchev–Trinajstić information content (AvgIpc) is 2.53. The van der Waals surface area contributed by atoms with Crippen molar-refractivity contribution in [1.29, 1.82) is 0 Å². The molecule has 0 saturated heterocycles. The number of hydrogen-bond acceptors (Lipinski definition) is 2. The van der Waals surface area contributed by atoms with Crippen molar-refractivity contribution in [3.8, 4) is 0 Å². The Morgan fingerprint density at radius 2 is 1.43 bits per heavy atom. The molecular weight excluding hydrogens is 342 g/mol. The number of anilines is 3. The van der Waals surface area contributed by atoms with Crippen molar-refractivity contribution in [2.24, 2.45) is 0 Å². The van der Waals surface area contributed by atoms with Crippen LogP contribution in [0.3, 0.4) is 0 Å². The molecule has 3 aromatic carbocycles. The van der Waals surface area contributed by atoms with E-state index in [1.807, 2.05) is 11.8 Å². The first-order valence-corrected chi connectivity index (χ1v) is 8.35. The topological polar surface area (TPSA) is 3.24 Å². The zero-order chi connectivity index (χ0) is 14.2. The van der Waals surface area contributed by atoms with Crippen LogP contribution in [0.15, 0.2) is 87.1 Å². The molecule has 0 atom stereocenters. The molecule has 0 spiro atoms. The monoisotopic (exact) mass is 353 g/mol. The minimum atomic E-state index is 1.11. The number of para-hydroxylation sites is 2.